The molecule has 0 atom stereocenters. The first kappa shape index (κ1) is 9.94. The highest BCUT2D eigenvalue weighted by Crippen LogP contribution is 2.42. The van der Waals surface area contributed by atoms with E-state index in [9.17, 15) is 4.39 Å². The fourth-order valence-corrected chi connectivity index (χ4v) is 2.18. The Morgan fingerprint density at radius 3 is 2.36 bits per heavy atom. The molecule has 1 aliphatic carbocycles. The van der Waals surface area contributed by atoms with Crippen LogP contribution in [0.25, 0.3) is 0 Å². The number of hydrogen-bond donors (Lipinski definition) is 1. The third-order valence-corrected chi connectivity index (χ3v) is 3.27. The Hall–Kier alpha value is -0.600. The molecule has 0 saturated heterocycles. The topological polar surface area (TPSA) is 12.0 Å². The molecule has 0 radical (unpaired) electrons. The minimum absolute atomic E-state index is 0.163. The van der Waals surface area contributed by atoms with Crippen LogP contribution in [0.2, 0.25) is 5.02 Å². The fraction of sp³-hybridized carbons (Fsp3) is 0.455. The minimum Gasteiger partial charge on any atom is -0.310 e. The first-order chi connectivity index (χ1) is 6.66. The van der Waals surface area contributed by atoms with Crippen LogP contribution in [0.1, 0.15) is 18.4 Å². The summed E-state index contributed by atoms with van der Waals surface area (Å²) >= 11 is 5.80. The Morgan fingerprint density at radius 1 is 1.36 bits per heavy atom. The molecule has 1 nitrogen and oxygen atoms in total. The van der Waals surface area contributed by atoms with Crippen molar-refractivity contribution in [2.45, 2.75) is 24.6 Å². The van der Waals surface area contributed by atoms with Crippen molar-refractivity contribution in [1.29, 1.82) is 0 Å². The first-order valence-corrected chi connectivity index (χ1v) is 5.13. The Morgan fingerprint density at radius 2 is 1.93 bits per heavy atom. The van der Waals surface area contributed by atoms with E-state index in [1.807, 2.05) is 31.3 Å². The van der Waals surface area contributed by atoms with Crippen molar-refractivity contribution < 1.29 is 4.39 Å². The molecule has 0 amide bonds. The maximum Gasteiger partial charge on any atom is 0.104 e. The molecule has 14 heavy (non-hydrogen) atoms. The smallest absolute Gasteiger partial charge is 0.104 e. The van der Waals surface area contributed by atoms with Crippen LogP contribution in [0.5, 0.6) is 0 Å². The summed E-state index contributed by atoms with van der Waals surface area (Å²) in [7, 11) is 1.88. The molecule has 3 heteroatoms. The zero-order valence-corrected chi connectivity index (χ0v) is 8.81. The average Bonchev–Trinajstić information content (AvgIpc) is 2.14. The summed E-state index contributed by atoms with van der Waals surface area (Å²) in [6, 6.07) is 7.62. The maximum atomic E-state index is 12.9. The third kappa shape index (κ3) is 1.53. The van der Waals surface area contributed by atoms with Gasteiger partial charge in [0.05, 0.1) is 0 Å². The zero-order valence-electron chi connectivity index (χ0n) is 8.06. The summed E-state index contributed by atoms with van der Waals surface area (Å²) in [5.41, 5.74) is 0.961. The highest BCUT2D eigenvalue weighted by Gasteiger charge is 2.44. The SMILES string of the molecule is CNC1(c2ccc(Cl)cc2)CC(F)C1. The minimum atomic E-state index is -0.668. The van der Waals surface area contributed by atoms with E-state index in [0.717, 1.165) is 10.6 Å². The Bertz CT molecular complexity index is 317. The second-order valence-electron chi connectivity index (χ2n) is 3.84. The normalized spacial score (nSPS) is 31.2. The van der Waals surface area contributed by atoms with Crippen molar-refractivity contribution in [1.82, 2.24) is 5.32 Å². The fourth-order valence-electron chi connectivity index (χ4n) is 2.05. The third-order valence-electron chi connectivity index (χ3n) is 3.02. The lowest BCUT2D eigenvalue weighted by molar-refractivity contribution is 0.0718. The van der Waals surface area contributed by atoms with Crippen LogP contribution in [0.4, 0.5) is 4.39 Å². The molecule has 1 aromatic rings. The van der Waals surface area contributed by atoms with Gasteiger partial charge in [0.25, 0.3) is 0 Å². The van der Waals surface area contributed by atoms with E-state index in [2.05, 4.69) is 5.32 Å². The van der Waals surface area contributed by atoms with Gasteiger partial charge in [0.15, 0.2) is 0 Å². The lowest BCUT2D eigenvalue weighted by atomic mass is 9.70. The monoisotopic (exact) mass is 213 g/mol. The van der Waals surface area contributed by atoms with E-state index in [-0.39, 0.29) is 5.54 Å². The molecule has 0 bridgehead atoms. The maximum absolute atomic E-state index is 12.9. The Balaban J connectivity index is 2.25. The van der Waals surface area contributed by atoms with E-state index in [4.69, 9.17) is 11.6 Å². The molecular weight excluding hydrogens is 201 g/mol. The van der Waals surface area contributed by atoms with Crippen molar-refractivity contribution in [3.63, 3.8) is 0 Å². The summed E-state index contributed by atoms with van der Waals surface area (Å²) in [6.07, 6.45) is 0.453. The molecule has 0 spiro atoms. The van der Waals surface area contributed by atoms with Crippen molar-refractivity contribution in [3.05, 3.63) is 34.9 Å². The van der Waals surface area contributed by atoms with Gasteiger partial charge in [-0.3, -0.25) is 0 Å². The van der Waals surface area contributed by atoms with Crippen LogP contribution in [-0.4, -0.2) is 13.2 Å². The number of alkyl halides is 1. The second kappa shape index (κ2) is 3.52. The van der Waals surface area contributed by atoms with Gasteiger partial charge >= 0.3 is 0 Å². The van der Waals surface area contributed by atoms with Crippen LogP contribution in [0.15, 0.2) is 24.3 Å². The van der Waals surface area contributed by atoms with Crippen LogP contribution in [-0.2, 0) is 5.54 Å². The van der Waals surface area contributed by atoms with Crippen LogP contribution < -0.4 is 5.32 Å². The summed E-state index contributed by atoms with van der Waals surface area (Å²) in [4.78, 5) is 0. The predicted molar refractivity (Wildman–Crippen MR) is 56.3 cm³/mol. The van der Waals surface area contributed by atoms with Gasteiger partial charge in [-0.25, -0.2) is 4.39 Å². The molecule has 0 unspecified atom stereocenters. The highest BCUT2D eigenvalue weighted by atomic mass is 35.5. The number of halogens is 2. The van der Waals surface area contributed by atoms with Gasteiger partial charge in [0, 0.05) is 23.4 Å². The van der Waals surface area contributed by atoms with Crippen molar-refractivity contribution >= 4 is 11.6 Å². The van der Waals surface area contributed by atoms with E-state index in [1.165, 1.54) is 0 Å². The summed E-state index contributed by atoms with van der Waals surface area (Å²) in [6.45, 7) is 0. The summed E-state index contributed by atoms with van der Waals surface area (Å²) in [5, 5.41) is 3.92. The van der Waals surface area contributed by atoms with Gasteiger partial charge < -0.3 is 5.32 Å². The molecule has 1 N–H and O–H groups in total. The average molecular weight is 214 g/mol. The van der Waals surface area contributed by atoms with Gasteiger partial charge in [-0.1, -0.05) is 23.7 Å². The Kier molecular flexibility index (Phi) is 2.50. The van der Waals surface area contributed by atoms with E-state index in [0.29, 0.717) is 12.8 Å². The molecular formula is C11H13ClFN. The molecule has 1 saturated carbocycles. The Labute approximate surface area is 88.3 Å². The van der Waals surface area contributed by atoms with Crippen LogP contribution in [0.3, 0.4) is 0 Å². The molecule has 0 aromatic heterocycles. The van der Waals surface area contributed by atoms with Crippen molar-refractivity contribution in [3.8, 4) is 0 Å². The number of benzene rings is 1. The number of hydrogen-bond acceptors (Lipinski definition) is 1. The zero-order chi connectivity index (χ0) is 10.2. The van der Waals surface area contributed by atoms with Crippen LogP contribution in [0, 0.1) is 0 Å². The predicted octanol–water partition coefficient (Wildman–Crippen LogP) is 2.89. The highest BCUT2D eigenvalue weighted by molar-refractivity contribution is 6.30. The standard InChI is InChI=1S/C11H13ClFN/c1-14-11(6-10(13)7-11)8-2-4-9(12)5-3-8/h2-5,10,14H,6-7H2,1H3. The quantitative estimate of drug-likeness (QED) is 0.797. The van der Waals surface area contributed by atoms with E-state index < -0.39 is 6.17 Å². The van der Waals surface area contributed by atoms with Crippen LogP contribution >= 0.6 is 11.6 Å². The lowest BCUT2D eigenvalue weighted by Gasteiger charge is -2.44. The number of rotatable bonds is 2. The van der Waals surface area contributed by atoms with Crippen molar-refractivity contribution in [2.24, 2.45) is 0 Å². The van der Waals surface area contributed by atoms with Gasteiger partial charge in [-0.05, 0) is 24.7 Å². The molecule has 0 aliphatic heterocycles. The van der Waals surface area contributed by atoms with Crippen molar-refractivity contribution in [2.75, 3.05) is 7.05 Å². The van der Waals surface area contributed by atoms with E-state index >= 15 is 0 Å². The largest absolute Gasteiger partial charge is 0.310 e. The van der Waals surface area contributed by atoms with Gasteiger partial charge in [-0.15, -0.1) is 0 Å². The molecule has 1 aromatic carbocycles. The molecule has 1 fully saturated rings. The second-order valence-corrected chi connectivity index (χ2v) is 4.28. The molecule has 1 aliphatic rings. The van der Waals surface area contributed by atoms with Gasteiger partial charge in [-0.2, -0.15) is 0 Å². The molecule has 2 rings (SSSR count). The summed E-state index contributed by atoms with van der Waals surface area (Å²) in [5.74, 6) is 0. The first-order valence-electron chi connectivity index (χ1n) is 4.75. The van der Waals surface area contributed by atoms with Gasteiger partial charge in [0.2, 0.25) is 0 Å². The van der Waals surface area contributed by atoms with E-state index in [1.54, 1.807) is 0 Å². The molecule has 76 valence electrons. The lowest BCUT2D eigenvalue weighted by Crippen LogP contribution is -2.52. The van der Waals surface area contributed by atoms with Gasteiger partial charge in [0.1, 0.15) is 6.17 Å². The summed E-state index contributed by atoms with van der Waals surface area (Å²) < 4.78 is 12.9. The number of nitrogens with one attached hydrogen (secondary N) is 1. The molecule has 0 heterocycles.